The van der Waals surface area contributed by atoms with E-state index in [0.717, 1.165) is 28.6 Å². The number of benzene rings is 2. The second-order valence-electron chi connectivity index (χ2n) is 7.48. The summed E-state index contributed by atoms with van der Waals surface area (Å²) in [4.78, 5) is 28.3. The first-order valence-corrected chi connectivity index (χ1v) is 13.6. The van der Waals surface area contributed by atoms with E-state index >= 15 is 0 Å². The normalized spacial score (nSPS) is 11.1. The molecule has 1 aromatic heterocycles. The minimum absolute atomic E-state index is 0.0191. The zero-order chi connectivity index (χ0) is 24.7. The Labute approximate surface area is 210 Å². The van der Waals surface area contributed by atoms with Gasteiger partial charge >= 0.3 is 5.97 Å². The number of sulfonamides is 1. The second-order valence-corrected chi connectivity index (χ2v) is 11.5. The molecule has 0 saturated heterocycles. The summed E-state index contributed by atoms with van der Waals surface area (Å²) in [5.74, 6) is -1.37. The summed E-state index contributed by atoms with van der Waals surface area (Å²) in [6.45, 7) is 3.22. The molecule has 8 nitrogen and oxygen atoms in total. The van der Waals surface area contributed by atoms with Gasteiger partial charge in [0.15, 0.2) is 11.7 Å². The fourth-order valence-electron chi connectivity index (χ4n) is 3.03. The van der Waals surface area contributed by atoms with E-state index in [0.29, 0.717) is 16.4 Å². The number of aryl methyl sites for hydroxylation is 2. The third-order valence-electron chi connectivity index (χ3n) is 4.80. The van der Waals surface area contributed by atoms with Gasteiger partial charge in [0.1, 0.15) is 0 Å². The van der Waals surface area contributed by atoms with Crippen molar-refractivity contribution in [3.8, 4) is 0 Å². The number of nitrogens with one attached hydrogen (secondary N) is 2. The third kappa shape index (κ3) is 7.12. The van der Waals surface area contributed by atoms with Crippen LogP contribution in [0.15, 0.2) is 57.3 Å². The first kappa shape index (κ1) is 25.9. The Kier molecular flexibility index (Phi) is 8.81. The first-order chi connectivity index (χ1) is 16.2. The van der Waals surface area contributed by atoms with Crippen LogP contribution in [0.3, 0.4) is 0 Å². The Morgan fingerprint density at radius 1 is 1.15 bits per heavy atom. The Bertz CT molecular complexity index is 1270. The average molecular weight is 566 g/mol. The SMILES string of the molecule is CCCCc1ccc(NS(=O)(=O)c2cc(C(=O)OCC(=O)Nc3ncc(Br)s3)ccc2C)cc1. The van der Waals surface area contributed by atoms with Gasteiger partial charge in [0, 0.05) is 5.69 Å². The van der Waals surface area contributed by atoms with Crippen LogP contribution in [-0.2, 0) is 26.0 Å². The number of thiazole rings is 1. The molecule has 1 heterocycles. The van der Waals surface area contributed by atoms with Crippen molar-refractivity contribution < 1.29 is 22.7 Å². The van der Waals surface area contributed by atoms with Crippen molar-refractivity contribution in [3.05, 3.63) is 69.1 Å². The van der Waals surface area contributed by atoms with E-state index in [1.54, 1.807) is 19.1 Å². The molecule has 1 amide bonds. The highest BCUT2D eigenvalue weighted by molar-refractivity contribution is 9.11. The van der Waals surface area contributed by atoms with E-state index in [4.69, 9.17) is 4.74 Å². The van der Waals surface area contributed by atoms with Crippen LogP contribution in [0.5, 0.6) is 0 Å². The molecular formula is C23H24BrN3O5S2. The van der Waals surface area contributed by atoms with E-state index in [1.807, 2.05) is 12.1 Å². The van der Waals surface area contributed by atoms with Gasteiger partial charge in [-0.2, -0.15) is 0 Å². The number of anilines is 2. The van der Waals surface area contributed by atoms with E-state index in [9.17, 15) is 18.0 Å². The molecule has 0 spiro atoms. The van der Waals surface area contributed by atoms with Crippen molar-refractivity contribution in [2.45, 2.75) is 38.0 Å². The van der Waals surface area contributed by atoms with Crippen LogP contribution in [0.25, 0.3) is 0 Å². The predicted molar refractivity (Wildman–Crippen MR) is 136 cm³/mol. The molecule has 2 N–H and O–H groups in total. The summed E-state index contributed by atoms with van der Waals surface area (Å²) >= 11 is 4.46. The Balaban J connectivity index is 1.66. The second kappa shape index (κ2) is 11.6. The van der Waals surface area contributed by atoms with Crippen LogP contribution in [-0.4, -0.2) is 31.9 Å². The van der Waals surface area contributed by atoms with Crippen molar-refractivity contribution >= 4 is 60.0 Å². The fraction of sp³-hybridized carbons (Fsp3) is 0.261. The van der Waals surface area contributed by atoms with Gasteiger partial charge in [0.05, 0.1) is 20.4 Å². The molecule has 0 fully saturated rings. The zero-order valence-corrected chi connectivity index (χ0v) is 21.8. The molecule has 2 aromatic carbocycles. The van der Waals surface area contributed by atoms with Crippen LogP contribution in [0.2, 0.25) is 0 Å². The molecule has 0 unspecified atom stereocenters. The number of unbranched alkanes of at least 4 members (excludes halogenated alkanes) is 1. The number of hydrogen-bond acceptors (Lipinski definition) is 7. The number of rotatable bonds is 10. The molecule has 0 radical (unpaired) electrons. The quantitative estimate of drug-likeness (QED) is 0.328. The largest absolute Gasteiger partial charge is 0.452 e. The van der Waals surface area contributed by atoms with Crippen LogP contribution in [0.4, 0.5) is 10.8 Å². The Morgan fingerprint density at radius 2 is 1.88 bits per heavy atom. The van der Waals surface area contributed by atoms with Gasteiger partial charge in [-0.3, -0.25) is 14.8 Å². The van der Waals surface area contributed by atoms with Crippen molar-refractivity contribution in [3.63, 3.8) is 0 Å². The minimum Gasteiger partial charge on any atom is -0.452 e. The topological polar surface area (TPSA) is 114 Å². The fourth-order valence-corrected chi connectivity index (χ4v) is 5.48. The Morgan fingerprint density at radius 3 is 2.53 bits per heavy atom. The van der Waals surface area contributed by atoms with Crippen LogP contribution >= 0.6 is 27.3 Å². The molecule has 0 bridgehead atoms. The number of aromatic nitrogens is 1. The molecule has 0 aliphatic carbocycles. The maximum absolute atomic E-state index is 13.0. The number of carbonyl (C=O) groups excluding carboxylic acids is 2. The van der Waals surface area contributed by atoms with Crippen LogP contribution < -0.4 is 10.0 Å². The number of halogens is 1. The summed E-state index contributed by atoms with van der Waals surface area (Å²) in [7, 11) is -3.95. The molecule has 0 aliphatic rings. The summed E-state index contributed by atoms with van der Waals surface area (Å²) in [5, 5.41) is 2.87. The lowest BCUT2D eigenvalue weighted by molar-refractivity contribution is -0.119. The van der Waals surface area contributed by atoms with Gasteiger partial charge in [-0.05, 0) is 71.1 Å². The highest BCUT2D eigenvalue weighted by Crippen LogP contribution is 2.24. The lowest BCUT2D eigenvalue weighted by atomic mass is 10.1. The molecule has 0 saturated carbocycles. The van der Waals surface area contributed by atoms with Crippen molar-refractivity contribution in [2.75, 3.05) is 16.6 Å². The molecular weight excluding hydrogens is 542 g/mol. The molecule has 0 aliphatic heterocycles. The molecule has 0 atom stereocenters. The maximum atomic E-state index is 13.0. The standard InChI is InChI=1S/C23H24BrN3O5S2/c1-3-4-5-16-7-10-18(11-8-16)27-34(30,31)19-12-17(9-6-15(19)2)22(29)32-14-21(28)26-23-25-13-20(24)33-23/h6-13,27H,3-5,14H2,1-2H3,(H,25,26,28). The van der Waals surface area contributed by atoms with E-state index in [1.165, 1.54) is 35.7 Å². The summed E-state index contributed by atoms with van der Waals surface area (Å²) in [6, 6.07) is 11.4. The Hall–Kier alpha value is -2.76. The highest BCUT2D eigenvalue weighted by Gasteiger charge is 2.20. The summed E-state index contributed by atoms with van der Waals surface area (Å²) in [5.41, 5.74) is 2.05. The van der Waals surface area contributed by atoms with Crippen molar-refractivity contribution in [2.24, 2.45) is 0 Å². The average Bonchev–Trinajstić information content (AvgIpc) is 3.21. The van der Waals surface area contributed by atoms with Crippen LogP contribution in [0.1, 0.15) is 41.3 Å². The third-order valence-corrected chi connectivity index (χ3v) is 7.71. The maximum Gasteiger partial charge on any atom is 0.338 e. The minimum atomic E-state index is -3.95. The van der Waals surface area contributed by atoms with Gasteiger partial charge in [-0.25, -0.2) is 18.2 Å². The van der Waals surface area contributed by atoms with Gasteiger partial charge in [-0.15, -0.1) is 0 Å². The van der Waals surface area contributed by atoms with Crippen molar-refractivity contribution in [1.82, 2.24) is 4.98 Å². The molecule has 11 heteroatoms. The highest BCUT2D eigenvalue weighted by atomic mass is 79.9. The number of hydrogen-bond donors (Lipinski definition) is 2. The van der Waals surface area contributed by atoms with Gasteiger partial charge in [0.2, 0.25) is 0 Å². The number of amides is 1. The molecule has 34 heavy (non-hydrogen) atoms. The smallest absolute Gasteiger partial charge is 0.338 e. The zero-order valence-electron chi connectivity index (χ0n) is 18.6. The number of nitrogens with zero attached hydrogens (tertiary/aromatic N) is 1. The van der Waals surface area contributed by atoms with E-state index in [2.05, 4.69) is 37.9 Å². The monoisotopic (exact) mass is 565 g/mol. The number of carbonyl (C=O) groups is 2. The molecule has 3 rings (SSSR count). The molecule has 180 valence electrons. The summed E-state index contributed by atoms with van der Waals surface area (Å²) in [6.07, 6.45) is 4.63. The van der Waals surface area contributed by atoms with Gasteiger partial charge in [-0.1, -0.05) is 42.9 Å². The van der Waals surface area contributed by atoms with Gasteiger partial charge < -0.3 is 4.74 Å². The lowest BCUT2D eigenvalue weighted by Gasteiger charge is -2.12. The van der Waals surface area contributed by atoms with E-state index < -0.39 is 28.5 Å². The number of esters is 1. The lowest BCUT2D eigenvalue weighted by Crippen LogP contribution is -2.21. The summed E-state index contributed by atoms with van der Waals surface area (Å²) < 4.78 is 34.3. The van der Waals surface area contributed by atoms with Crippen molar-refractivity contribution in [1.29, 1.82) is 0 Å². The van der Waals surface area contributed by atoms with E-state index in [-0.39, 0.29) is 10.5 Å². The number of ether oxygens (including phenoxy) is 1. The predicted octanol–water partition coefficient (Wildman–Crippen LogP) is 5.15. The first-order valence-electron chi connectivity index (χ1n) is 10.5. The molecule has 3 aromatic rings. The van der Waals surface area contributed by atoms with Gasteiger partial charge in [0.25, 0.3) is 15.9 Å². The van der Waals surface area contributed by atoms with Crippen LogP contribution in [0, 0.1) is 6.92 Å².